The zero-order valence-electron chi connectivity index (χ0n) is 5.21. The molecule has 4 nitrogen and oxygen atoms in total. The molecule has 0 saturated carbocycles. The summed E-state index contributed by atoms with van der Waals surface area (Å²) < 4.78 is 0. The topological polar surface area (TPSA) is 74.6 Å². The predicted molar refractivity (Wildman–Crippen MR) is 43.4 cm³/mol. The third kappa shape index (κ3) is 5.76. The van der Waals surface area contributed by atoms with Gasteiger partial charge in [0.1, 0.15) is 0 Å². The molecule has 0 atom stereocenters. The Balaban J connectivity index is -0.000000320. The standard InChI is InChI=1S/C5H8O4.K.Na.2H/c1-5(2,3(6)7)4(8)9;;;;/h1-2H3,(H,6,7)(H,8,9);;;;. The molecule has 0 saturated heterocycles. The normalized spacial score (nSPS) is 8.91. The molecule has 0 radical (unpaired) electrons. The molecule has 6 heteroatoms. The summed E-state index contributed by atoms with van der Waals surface area (Å²) in [6.07, 6.45) is 0. The van der Waals surface area contributed by atoms with E-state index in [0.717, 1.165) is 13.8 Å². The Morgan fingerprint density at radius 2 is 1.27 bits per heavy atom. The van der Waals surface area contributed by atoms with Gasteiger partial charge in [-0.2, -0.15) is 0 Å². The minimum absolute atomic E-state index is 0. The molecular formula is C5H10KNaO4. The van der Waals surface area contributed by atoms with Crippen LogP contribution in [0.4, 0.5) is 0 Å². The average molecular weight is 196 g/mol. The van der Waals surface area contributed by atoms with Crippen LogP contribution in [0.2, 0.25) is 0 Å². The number of carboxylic acids is 2. The van der Waals surface area contributed by atoms with Crippen LogP contribution in [0.25, 0.3) is 0 Å². The summed E-state index contributed by atoms with van der Waals surface area (Å²) in [6, 6.07) is 0. The Labute approximate surface area is 129 Å². The van der Waals surface area contributed by atoms with E-state index in [-0.39, 0.29) is 80.9 Å². The van der Waals surface area contributed by atoms with Crippen molar-refractivity contribution in [2.75, 3.05) is 0 Å². The molecule has 0 fully saturated rings. The van der Waals surface area contributed by atoms with E-state index in [0.29, 0.717) is 0 Å². The van der Waals surface area contributed by atoms with Gasteiger partial charge in [-0.1, -0.05) is 0 Å². The van der Waals surface area contributed by atoms with Crippen LogP contribution in [-0.4, -0.2) is 103 Å². The molecule has 2 N–H and O–H groups in total. The van der Waals surface area contributed by atoms with Gasteiger partial charge in [0.05, 0.1) is 0 Å². The van der Waals surface area contributed by atoms with Crippen LogP contribution in [0.3, 0.4) is 0 Å². The number of hydrogen-bond acceptors (Lipinski definition) is 2. The first-order valence-electron chi connectivity index (χ1n) is 2.36. The Hall–Kier alpha value is 1.58. The molecule has 11 heavy (non-hydrogen) atoms. The van der Waals surface area contributed by atoms with E-state index in [9.17, 15) is 9.59 Å². The van der Waals surface area contributed by atoms with Gasteiger partial charge in [-0.3, -0.25) is 9.59 Å². The quantitative estimate of drug-likeness (QED) is 0.433. The van der Waals surface area contributed by atoms with Crippen molar-refractivity contribution in [2.45, 2.75) is 13.8 Å². The van der Waals surface area contributed by atoms with Crippen molar-refractivity contribution < 1.29 is 19.8 Å². The van der Waals surface area contributed by atoms with E-state index in [4.69, 9.17) is 10.2 Å². The molecule has 0 rings (SSSR count). The molecule has 0 heterocycles. The summed E-state index contributed by atoms with van der Waals surface area (Å²) in [4.78, 5) is 20.2. The number of rotatable bonds is 2. The molecule has 0 aliphatic heterocycles. The fraction of sp³-hybridized carbons (Fsp3) is 0.600. The number of hydrogen-bond donors (Lipinski definition) is 2. The van der Waals surface area contributed by atoms with Crippen molar-refractivity contribution in [1.29, 1.82) is 0 Å². The van der Waals surface area contributed by atoms with Crippen molar-refractivity contribution in [3.63, 3.8) is 0 Å². The van der Waals surface area contributed by atoms with Gasteiger partial charge in [-0.05, 0) is 13.8 Å². The molecule has 0 unspecified atom stereocenters. The number of carbonyl (C=O) groups is 2. The summed E-state index contributed by atoms with van der Waals surface area (Å²) in [5.41, 5.74) is -1.67. The van der Waals surface area contributed by atoms with Crippen molar-refractivity contribution >= 4 is 92.9 Å². The maximum atomic E-state index is 10.1. The van der Waals surface area contributed by atoms with Gasteiger partial charge >= 0.3 is 92.9 Å². The second kappa shape index (κ2) is 7.03. The van der Waals surface area contributed by atoms with E-state index in [1.54, 1.807) is 0 Å². The zero-order chi connectivity index (χ0) is 7.65. The van der Waals surface area contributed by atoms with Gasteiger partial charge < -0.3 is 10.2 Å². The van der Waals surface area contributed by atoms with Gasteiger partial charge in [0.25, 0.3) is 0 Å². The maximum absolute atomic E-state index is 10.1. The SMILES string of the molecule is CC(C)(C(=O)O)C(=O)O.[KH].[NaH]. The van der Waals surface area contributed by atoms with Crippen LogP contribution in [0.5, 0.6) is 0 Å². The molecule has 0 amide bonds. The Bertz CT molecular complexity index is 141. The van der Waals surface area contributed by atoms with E-state index in [1.165, 1.54) is 0 Å². The molecule has 0 aromatic rings. The Morgan fingerprint density at radius 1 is 1.09 bits per heavy atom. The second-order valence-electron chi connectivity index (χ2n) is 2.24. The van der Waals surface area contributed by atoms with Crippen LogP contribution < -0.4 is 0 Å². The summed E-state index contributed by atoms with van der Waals surface area (Å²) in [7, 11) is 0. The number of aliphatic carboxylic acids is 2. The van der Waals surface area contributed by atoms with E-state index < -0.39 is 17.4 Å². The van der Waals surface area contributed by atoms with Crippen molar-refractivity contribution in [3.8, 4) is 0 Å². The van der Waals surface area contributed by atoms with Crippen LogP contribution in [0, 0.1) is 5.41 Å². The molecule has 0 spiro atoms. The first kappa shape index (κ1) is 18.4. The molecule has 0 aromatic carbocycles. The first-order chi connectivity index (χ1) is 3.89. The molecule has 0 bridgehead atoms. The second-order valence-corrected chi connectivity index (χ2v) is 2.24. The molecule has 0 aliphatic rings. The van der Waals surface area contributed by atoms with E-state index in [1.807, 2.05) is 0 Å². The van der Waals surface area contributed by atoms with Crippen LogP contribution in [-0.2, 0) is 9.59 Å². The Morgan fingerprint density at radius 3 is 1.27 bits per heavy atom. The van der Waals surface area contributed by atoms with Gasteiger partial charge in [0.15, 0.2) is 5.41 Å². The Kier molecular flexibility index (Phi) is 11.7. The molecular weight excluding hydrogens is 186 g/mol. The van der Waals surface area contributed by atoms with E-state index in [2.05, 4.69) is 0 Å². The van der Waals surface area contributed by atoms with E-state index >= 15 is 0 Å². The van der Waals surface area contributed by atoms with Crippen molar-refractivity contribution in [2.24, 2.45) is 5.41 Å². The number of carboxylic acid groups (broad SMARTS) is 2. The van der Waals surface area contributed by atoms with Gasteiger partial charge in [0, 0.05) is 0 Å². The van der Waals surface area contributed by atoms with Crippen LogP contribution >= 0.6 is 0 Å². The minimum atomic E-state index is -1.67. The van der Waals surface area contributed by atoms with Gasteiger partial charge in [0.2, 0.25) is 0 Å². The van der Waals surface area contributed by atoms with Crippen molar-refractivity contribution in [3.05, 3.63) is 0 Å². The third-order valence-corrected chi connectivity index (χ3v) is 1.07. The van der Waals surface area contributed by atoms with Gasteiger partial charge in [-0.25, -0.2) is 0 Å². The monoisotopic (exact) mass is 196 g/mol. The summed E-state index contributed by atoms with van der Waals surface area (Å²) in [6.45, 7) is 2.27. The molecule has 56 valence electrons. The van der Waals surface area contributed by atoms with Crippen molar-refractivity contribution in [1.82, 2.24) is 0 Å². The zero-order valence-corrected chi connectivity index (χ0v) is 5.21. The fourth-order valence-corrected chi connectivity index (χ4v) is 0.0915. The van der Waals surface area contributed by atoms with Crippen LogP contribution in [0.1, 0.15) is 13.8 Å². The van der Waals surface area contributed by atoms with Gasteiger partial charge in [-0.15, -0.1) is 0 Å². The molecule has 0 aromatic heterocycles. The summed E-state index contributed by atoms with van der Waals surface area (Å²) >= 11 is 0. The summed E-state index contributed by atoms with van der Waals surface area (Å²) in [5.74, 6) is -2.65. The first-order valence-corrected chi connectivity index (χ1v) is 2.36. The third-order valence-electron chi connectivity index (χ3n) is 1.07. The average Bonchev–Trinajstić information content (AvgIpc) is 1.65. The fourth-order valence-electron chi connectivity index (χ4n) is 0.0915. The molecule has 0 aliphatic carbocycles. The van der Waals surface area contributed by atoms with Crippen LogP contribution in [0.15, 0.2) is 0 Å². The summed E-state index contributed by atoms with van der Waals surface area (Å²) in [5, 5.41) is 16.5. The predicted octanol–water partition coefficient (Wildman–Crippen LogP) is -1.12.